The molecule has 0 atom stereocenters. The second-order valence-corrected chi connectivity index (χ2v) is 5.68. The molecule has 0 aliphatic carbocycles. The van der Waals surface area contributed by atoms with E-state index in [1.807, 2.05) is 42.6 Å². The van der Waals surface area contributed by atoms with Gasteiger partial charge in [-0.2, -0.15) is 0 Å². The van der Waals surface area contributed by atoms with Crippen molar-refractivity contribution in [3.63, 3.8) is 0 Å². The largest absolute Gasteiger partial charge is 0.497 e. The van der Waals surface area contributed by atoms with Crippen LogP contribution in [0.4, 0.5) is 0 Å². The number of fused-ring (bicyclic) bond motifs is 1. The topological polar surface area (TPSA) is 25.0 Å². The number of hydrogen-bond acceptors (Lipinski definition) is 2. The molecule has 2 nitrogen and oxygen atoms in total. The fourth-order valence-electron chi connectivity index (χ4n) is 1.94. The molecule has 96 valence electrons. The van der Waals surface area contributed by atoms with Crippen LogP contribution in [0.25, 0.3) is 10.9 Å². The average Bonchev–Trinajstić information content (AvgIpc) is 2.81. The normalized spacial score (nSPS) is 10.8. The lowest BCUT2D eigenvalue weighted by molar-refractivity contribution is 0.413. The number of methoxy groups -OCH3 is 1. The summed E-state index contributed by atoms with van der Waals surface area (Å²) in [6, 6.07) is 13.9. The summed E-state index contributed by atoms with van der Waals surface area (Å²) in [6.07, 6.45) is 2.01. The van der Waals surface area contributed by atoms with Gasteiger partial charge in [0.15, 0.2) is 0 Å². The van der Waals surface area contributed by atoms with Gasteiger partial charge in [-0.25, -0.2) is 0 Å². The zero-order chi connectivity index (χ0) is 13.2. The van der Waals surface area contributed by atoms with E-state index in [1.165, 1.54) is 0 Å². The van der Waals surface area contributed by atoms with Crippen molar-refractivity contribution < 1.29 is 4.74 Å². The number of aromatic nitrogens is 1. The smallest absolute Gasteiger partial charge is 0.119 e. The van der Waals surface area contributed by atoms with Crippen LogP contribution in [0.5, 0.6) is 5.75 Å². The minimum atomic E-state index is 0.750. The molecule has 1 aromatic heterocycles. The Morgan fingerprint density at radius 3 is 2.89 bits per heavy atom. The number of aromatic amines is 1. The number of benzene rings is 2. The van der Waals surface area contributed by atoms with Crippen molar-refractivity contribution >= 4 is 34.3 Å². The highest BCUT2D eigenvalue weighted by atomic mass is 35.5. The standard InChI is InChI=1S/C15H12ClNOS/c1-18-11-3-2-4-12(8-11)19-15-9-17-14-6-5-10(16)7-13(14)15/h2-9,17H,1H3. The van der Waals surface area contributed by atoms with Gasteiger partial charge in [0.1, 0.15) is 5.75 Å². The van der Waals surface area contributed by atoms with Gasteiger partial charge in [0, 0.05) is 31.9 Å². The maximum atomic E-state index is 6.06. The summed E-state index contributed by atoms with van der Waals surface area (Å²) in [5.74, 6) is 0.864. The third-order valence-electron chi connectivity index (χ3n) is 2.87. The molecule has 3 rings (SSSR count). The molecule has 0 bridgehead atoms. The molecule has 19 heavy (non-hydrogen) atoms. The van der Waals surface area contributed by atoms with Crippen molar-refractivity contribution in [3.8, 4) is 5.75 Å². The second kappa shape index (κ2) is 5.19. The Kier molecular flexibility index (Phi) is 3.40. The SMILES string of the molecule is COc1cccc(Sc2c[nH]c3ccc(Cl)cc23)c1. The molecule has 0 unspecified atom stereocenters. The molecule has 1 N–H and O–H groups in total. The summed E-state index contributed by atoms with van der Waals surface area (Å²) >= 11 is 7.75. The Bertz CT molecular complexity index is 723. The highest BCUT2D eigenvalue weighted by Gasteiger charge is 2.06. The quantitative estimate of drug-likeness (QED) is 0.735. The molecule has 0 amide bonds. The molecule has 0 radical (unpaired) electrons. The average molecular weight is 290 g/mol. The van der Waals surface area contributed by atoms with Crippen LogP contribution in [-0.2, 0) is 0 Å². The lowest BCUT2D eigenvalue weighted by atomic mass is 10.2. The maximum Gasteiger partial charge on any atom is 0.119 e. The van der Waals surface area contributed by atoms with Crippen molar-refractivity contribution in [3.05, 3.63) is 53.7 Å². The molecule has 0 fully saturated rings. The van der Waals surface area contributed by atoms with Gasteiger partial charge >= 0.3 is 0 Å². The molecule has 2 aromatic carbocycles. The van der Waals surface area contributed by atoms with E-state index in [0.29, 0.717) is 0 Å². The first kappa shape index (κ1) is 12.5. The Morgan fingerprint density at radius 2 is 2.05 bits per heavy atom. The fraction of sp³-hybridized carbons (Fsp3) is 0.0667. The van der Waals surface area contributed by atoms with Crippen LogP contribution in [0.3, 0.4) is 0 Å². The summed E-state index contributed by atoms with van der Waals surface area (Å²) in [6.45, 7) is 0. The molecule has 0 aliphatic heterocycles. The summed E-state index contributed by atoms with van der Waals surface area (Å²) < 4.78 is 5.24. The van der Waals surface area contributed by atoms with Crippen molar-refractivity contribution in [2.45, 2.75) is 9.79 Å². The van der Waals surface area contributed by atoms with Gasteiger partial charge in [-0.1, -0.05) is 29.4 Å². The van der Waals surface area contributed by atoms with Gasteiger partial charge < -0.3 is 9.72 Å². The maximum absolute atomic E-state index is 6.06. The van der Waals surface area contributed by atoms with Gasteiger partial charge in [0.2, 0.25) is 0 Å². The third-order valence-corrected chi connectivity index (χ3v) is 4.16. The first-order chi connectivity index (χ1) is 9.26. The lowest BCUT2D eigenvalue weighted by Crippen LogP contribution is -1.81. The lowest BCUT2D eigenvalue weighted by Gasteiger charge is -2.03. The minimum Gasteiger partial charge on any atom is -0.497 e. The first-order valence-electron chi connectivity index (χ1n) is 5.85. The Balaban J connectivity index is 1.98. The molecule has 0 spiro atoms. The number of rotatable bonds is 3. The number of ether oxygens (including phenoxy) is 1. The van der Waals surface area contributed by atoms with E-state index >= 15 is 0 Å². The molecule has 0 saturated carbocycles. The van der Waals surface area contributed by atoms with E-state index in [4.69, 9.17) is 16.3 Å². The number of H-pyrrole nitrogens is 1. The molecular weight excluding hydrogens is 278 g/mol. The molecule has 1 heterocycles. The van der Waals surface area contributed by atoms with Crippen LogP contribution in [0.15, 0.2) is 58.5 Å². The van der Waals surface area contributed by atoms with Crippen LogP contribution in [0, 0.1) is 0 Å². The van der Waals surface area contributed by atoms with E-state index in [2.05, 4.69) is 11.1 Å². The number of nitrogens with one attached hydrogen (secondary N) is 1. The Hall–Kier alpha value is -1.58. The molecule has 0 aliphatic rings. The van der Waals surface area contributed by atoms with Gasteiger partial charge in [0.25, 0.3) is 0 Å². The summed E-state index contributed by atoms with van der Waals surface area (Å²) in [7, 11) is 1.68. The molecular formula is C15H12ClNOS. The van der Waals surface area contributed by atoms with Gasteiger partial charge in [-0.05, 0) is 36.4 Å². The van der Waals surface area contributed by atoms with Crippen LogP contribution < -0.4 is 4.74 Å². The molecule has 3 aromatic rings. The van der Waals surface area contributed by atoms with Crippen LogP contribution in [0.1, 0.15) is 0 Å². The van der Waals surface area contributed by atoms with Crippen molar-refractivity contribution in [1.82, 2.24) is 4.98 Å². The van der Waals surface area contributed by atoms with Gasteiger partial charge in [-0.3, -0.25) is 0 Å². The predicted octanol–water partition coefficient (Wildman–Crippen LogP) is 4.98. The highest BCUT2D eigenvalue weighted by molar-refractivity contribution is 7.99. The van der Waals surface area contributed by atoms with Gasteiger partial charge in [-0.15, -0.1) is 0 Å². The highest BCUT2D eigenvalue weighted by Crippen LogP contribution is 2.35. The van der Waals surface area contributed by atoms with E-state index < -0.39 is 0 Å². The third kappa shape index (κ3) is 2.57. The second-order valence-electron chi connectivity index (χ2n) is 4.12. The fourth-order valence-corrected chi connectivity index (χ4v) is 3.09. The summed E-state index contributed by atoms with van der Waals surface area (Å²) in [5, 5.41) is 1.89. The van der Waals surface area contributed by atoms with E-state index in [1.54, 1.807) is 18.9 Å². The van der Waals surface area contributed by atoms with E-state index in [9.17, 15) is 0 Å². The van der Waals surface area contributed by atoms with Crippen molar-refractivity contribution in [2.24, 2.45) is 0 Å². The van der Waals surface area contributed by atoms with Crippen LogP contribution in [0.2, 0.25) is 5.02 Å². The van der Waals surface area contributed by atoms with Crippen LogP contribution >= 0.6 is 23.4 Å². The van der Waals surface area contributed by atoms with E-state index in [0.717, 1.165) is 31.5 Å². The monoisotopic (exact) mass is 289 g/mol. The van der Waals surface area contributed by atoms with Crippen LogP contribution in [-0.4, -0.2) is 12.1 Å². The molecule has 4 heteroatoms. The number of halogens is 1. The Labute approximate surface area is 120 Å². The zero-order valence-electron chi connectivity index (χ0n) is 10.3. The van der Waals surface area contributed by atoms with Crippen molar-refractivity contribution in [2.75, 3.05) is 7.11 Å². The summed E-state index contributed by atoms with van der Waals surface area (Å²) in [5.41, 5.74) is 1.09. The first-order valence-corrected chi connectivity index (χ1v) is 7.04. The summed E-state index contributed by atoms with van der Waals surface area (Å²) in [4.78, 5) is 5.55. The number of hydrogen-bond donors (Lipinski definition) is 1. The Morgan fingerprint density at radius 1 is 1.16 bits per heavy atom. The van der Waals surface area contributed by atoms with Crippen molar-refractivity contribution in [1.29, 1.82) is 0 Å². The van der Waals surface area contributed by atoms with Gasteiger partial charge in [0.05, 0.1) is 7.11 Å². The van der Waals surface area contributed by atoms with E-state index in [-0.39, 0.29) is 0 Å². The molecule has 0 saturated heterocycles. The minimum absolute atomic E-state index is 0.750. The predicted molar refractivity (Wildman–Crippen MR) is 80.4 cm³/mol. The zero-order valence-corrected chi connectivity index (χ0v) is 11.9.